The van der Waals surface area contributed by atoms with Gasteiger partial charge in [0.25, 0.3) is 0 Å². The molecule has 1 aromatic heterocycles. The molecule has 0 spiro atoms. The number of nitrogens with one attached hydrogen (secondary N) is 1. The van der Waals surface area contributed by atoms with Gasteiger partial charge in [-0.25, -0.2) is 18.4 Å². The zero-order valence-electron chi connectivity index (χ0n) is 17.3. The number of nitriles is 1. The van der Waals surface area contributed by atoms with Crippen LogP contribution in [-0.2, 0) is 26.5 Å². The quantitative estimate of drug-likeness (QED) is 0.416. The molecule has 0 amide bonds. The number of anilines is 2. The largest absolute Gasteiger partial charge is 2.00 e. The molecule has 1 heterocycles. The molecular formula is C18H20F3N7NiO2S+2. The number of hydrogen-bond acceptors (Lipinski definition) is 8. The van der Waals surface area contributed by atoms with Gasteiger partial charge in [0.2, 0.25) is 10.0 Å². The van der Waals surface area contributed by atoms with Gasteiger partial charge in [-0.3, -0.25) is 4.72 Å². The van der Waals surface area contributed by atoms with Crippen molar-refractivity contribution < 1.29 is 38.1 Å². The van der Waals surface area contributed by atoms with Gasteiger partial charge < -0.3 is 4.90 Å². The molecule has 1 aromatic carbocycles. The maximum atomic E-state index is 12.6. The Morgan fingerprint density at radius 2 is 1.84 bits per heavy atom. The zero-order chi connectivity index (χ0) is 23.2. The molecule has 0 aliphatic carbocycles. The van der Waals surface area contributed by atoms with Crippen LogP contribution in [0, 0.1) is 18.3 Å². The second-order valence-corrected chi connectivity index (χ2v) is 8.04. The molecule has 2 aromatic rings. The Labute approximate surface area is 193 Å². The summed E-state index contributed by atoms with van der Waals surface area (Å²) in [5.74, 6) is -2.10. The van der Waals surface area contributed by atoms with Gasteiger partial charge in [-0.15, -0.1) is 10.2 Å². The minimum atomic E-state index is -4.91. The number of alkyl halides is 3. The summed E-state index contributed by atoms with van der Waals surface area (Å²) in [6.07, 6.45) is -3.73. The van der Waals surface area contributed by atoms with Crippen LogP contribution in [0.1, 0.15) is 25.1 Å². The molecule has 0 aliphatic rings. The van der Waals surface area contributed by atoms with Crippen LogP contribution >= 0.6 is 0 Å². The first kappa shape index (κ1) is 27.3. The van der Waals surface area contributed by atoms with Crippen LogP contribution in [0.3, 0.4) is 0 Å². The van der Waals surface area contributed by atoms with Crippen molar-refractivity contribution in [3.63, 3.8) is 0 Å². The number of sulfonamides is 1. The molecule has 0 saturated heterocycles. The second kappa shape index (κ2) is 11.2. The fourth-order valence-corrected chi connectivity index (χ4v) is 3.67. The van der Waals surface area contributed by atoms with E-state index in [-0.39, 0.29) is 39.2 Å². The van der Waals surface area contributed by atoms with Crippen molar-refractivity contribution in [1.82, 2.24) is 9.97 Å². The molecule has 0 unspecified atom stereocenters. The molecule has 0 saturated carbocycles. The molecule has 2 rings (SSSR count). The number of benzene rings is 1. The molecular weight excluding hydrogens is 494 g/mol. The van der Waals surface area contributed by atoms with Crippen molar-refractivity contribution in [3.05, 3.63) is 35.8 Å². The number of hydrogen-bond donors (Lipinski definition) is 1. The van der Waals surface area contributed by atoms with Crippen LogP contribution in [0.2, 0.25) is 0 Å². The summed E-state index contributed by atoms with van der Waals surface area (Å²) in [4.78, 5) is 9.62. The molecule has 174 valence electrons. The van der Waals surface area contributed by atoms with E-state index >= 15 is 0 Å². The Kier molecular flexibility index (Phi) is 9.54. The molecule has 1 N–H and O–H groups in total. The molecule has 14 heteroatoms. The van der Waals surface area contributed by atoms with Gasteiger partial charge in [0.1, 0.15) is 23.6 Å². The van der Waals surface area contributed by atoms with Gasteiger partial charge >= 0.3 is 22.7 Å². The van der Waals surface area contributed by atoms with Crippen molar-refractivity contribution in [1.29, 1.82) is 5.26 Å². The van der Waals surface area contributed by atoms with Crippen molar-refractivity contribution in [2.45, 2.75) is 26.9 Å². The van der Waals surface area contributed by atoms with E-state index in [4.69, 9.17) is 0 Å². The third kappa shape index (κ3) is 7.42. The Morgan fingerprint density at radius 3 is 2.41 bits per heavy atom. The number of aryl methyl sites for hydroxylation is 1. The summed E-state index contributed by atoms with van der Waals surface area (Å²) in [7, 11) is -4.75. The molecule has 0 fully saturated rings. The van der Waals surface area contributed by atoms with Crippen molar-refractivity contribution >= 4 is 32.9 Å². The first-order valence-corrected chi connectivity index (χ1v) is 10.7. The smallest absolute Gasteiger partial charge is 0.372 e. The molecule has 0 aliphatic heterocycles. The minimum Gasteiger partial charge on any atom is -0.372 e. The van der Waals surface area contributed by atoms with E-state index in [0.717, 1.165) is 0 Å². The monoisotopic (exact) mass is 513 g/mol. The topological polar surface area (TPSA) is 124 Å². The van der Waals surface area contributed by atoms with E-state index in [0.29, 0.717) is 24.5 Å². The summed E-state index contributed by atoms with van der Waals surface area (Å²) in [6, 6.07) is 6.33. The average molecular weight is 514 g/mol. The van der Waals surface area contributed by atoms with E-state index in [1.807, 2.05) is 29.5 Å². The fourth-order valence-electron chi connectivity index (χ4n) is 2.67. The maximum absolute atomic E-state index is 12.6. The Balaban J connectivity index is 0.00000512. The number of azo groups is 1. The first-order chi connectivity index (χ1) is 14.5. The number of rotatable bonds is 8. The third-order valence-corrected chi connectivity index (χ3v) is 5.35. The maximum Gasteiger partial charge on any atom is 2.00 e. The van der Waals surface area contributed by atoms with E-state index in [9.17, 15) is 26.9 Å². The predicted molar refractivity (Wildman–Crippen MR) is 109 cm³/mol. The standard InChI is InChI=1S/C18H20F3N7O2S.Ni/c1-4-28(5-2)13-6-7-15(16(8-13)27-31(29,30)10-18(19,20)21)25-26-17-14(9-22)12(3)23-11-24-17;/h6-8,11,27H,4-5,10H2,1-3H3;/q;+2. The second-order valence-electron chi connectivity index (χ2n) is 6.32. The third-order valence-electron chi connectivity index (χ3n) is 4.11. The molecule has 0 atom stereocenters. The molecule has 0 bridgehead atoms. The van der Waals surface area contributed by atoms with Gasteiger partial charge in [0.05, 0.1) is 11.4 Å². The van der Waals surface area contributed by atoms with Crippen LogP contribution in [0.5, 0.6) is 0 Å². The number of halogens is 3. The van der Waals surface area contributed by atoms with Gasteiger partial charge in [-0.1, -0.05) is 0 Å². The summed E-state index contributed by atoms with van der Waals surface area (Å²) >= 11 is 0. The number of aromatic nitrogens is 2. The minimum absolute atomic E-state index is 0. The van der Waals surface area contributed by atoms with Crippen molar-refractivity contribution in [2.75, 3.05) is 28.5 Å². The first-order valence-electron chi connectivity index (χ1n) is 9.09. The Bertz CT molecular complexity index is 1110. The molecule has 0 radical (unpaired) electrons. The van der Waals surface area contributed by atoms with Crippen molar-refractivity contribution in [3.8, 4) is 6.07 Å². The SMILES string of the molecule is CCN(CC)c1ccc(N=Nc2ncnc(C)c2C#N)c(NS(=O)(=O)CC(F)(F)F)c1.[Ni+2]. The van der Waals surface area contributed by atoms with E-state index in [1.54, 1.807) is 13.0 Å². The van der Waals surface area contributed by atoms with E-state index in [1.165, 1.54) is 18.5 Å². The van der Waals surface area contributed by atoms with Crippen molar-refractivity contribution in [2.24, 2.45) is 10.2 Å². The van der Waals surface area contributed by atoms with Gasteiger partial charge in [-0.2, -0.15) is 18.4 Å². The van der Waals surface area contributed by atoms with E-state index < -0.39 is 22.0 Å². The summed E-state index contributed by atoms with van der Waals surface area (Å²) in [5.41, 5.74) is 0.812. The summed E-state index contributed by atoms with van der Waals surface area (Å²) in [6.45, 7) is 6.53. The van der Waals surface area contributed by atoms with Crippen LogP contribution in [0.4, 0.5) is 36.1 Å². The van der Waals surface area contributed by atoms with Crippen LogP contribution < -0.4 is 9.62 Å². The average Bonchev–Trinajstić information content (AvgIpc) is 2.66. The van der Waals surface area contributed by atoms with Crippen LogP contribution in [-0.4, -0.2) is 43.4 Å². The number of nitrogens with zero attached hydrogens (tertiary/aromatic N) is 6. The van der Waals surface area contributed by atoms with Gasteiger partial charge in [0.15, 0.2) is 11.6 Å². The Morgan fingerprint density at radius 1 is 1.19 bits per heavy atom. The summed E-state index contributed by atoms with van der Waals surface area (Å²) < 4.78 is 63.9. The Hall–Kier alpha value is -2.78. The zero-order valence-corrected chi connectivity index (χ0v) is 19.1. The van der Waals surface area contributed by atoms with Gasteiger partial charge in [-0.05, 0) is 39.0 Å². The summed E-state index contributed by atoms with van der Waals surface area (Å²) in [5, 5.41) is 17.0. The molecule has 9 nitrogen and oxygen atoms in total. The normalized spacial score (nSPS) is 11.7. The van der Waals surface area contributed by atoms with E-state index in [2.05, 4.69) is 20.2 Å². The van der Waals surface area contributed by atoms with Crippen LogP contribution in [0.15, 0.2) is 34.8 Å². The fraction of sp³-hybridized carbons (Fsp3) is 0.389. The van der Waals surface area contributed by atoms with Crippen LogP contribution in [0.25, 0.3) is 0 Å². The predicted octanol–water partition coefficient (Wildman–Crippen LogP) is 4.22. The van der Waals surface area contributed by atoms with Gasteiger partial charge in [0, 0.05) is 18.8 Å². The molecule has 32 heavy (non-hydrogen) atoms.